The fourth-order valence-corrected chi connectivity index (χ4v) is 2.93. The molecule has 0 amide bonds. The number of anilines is 2. The molecule has 0 bridgehead atoms. The van der Waals surface area contributed by atoms with Gasteiger partial charge in [0.2, 0.25) is 5.95 Å². The van der Waals surface area contributed by atoms with Gasteiger partial charge in [-0.2, -0.15) is 0 Å². The molecule has 5 heteroatoms. The quantitative estimate of drug-likeness (QED) is 0.861. The Labute approximate surface area is 120 Å². The van der Waals surface area contributed by atoms with Gasteiger partial charge in [0, 0.05) is 32.9 Å². The second kappa shape index (κ2) is 5.32. The van der Waals surface area contributed by atoms with E-state index in [4.69, 9.17) is 10.7 Å². The van der Waals surface area contributed by atoms with Crippen molar-refractivity contribution in [3.05, 3.63) is 18.2 Å². The van der Waals surface area contributed by atoms with Gasteiger partial charge in [-0.15, -0.1) is 0 Å². The number of fused-ring (bicyclic) bond motifs is 1. The molecule has 2 heterocycles. The monoisotopic (exact) mass is 273 g/mol. The molecule has 3 rings (SSSR count). The molecule has 0 saturated carbocycles. The highest BCUT2D eigenvalue weighted by Gasteiger charge is 2.15. The predicted molar refractivity (Wildman–Crippen MR) is 84.1 cm³/mol. The van der Waals surface area contributed by atoms with Crippen LogP contribution in [0.3, 0.4) is 0 Å². The molecular weight excluding hydrogens is 250 g/mol. The molecule has 1 fully saturated rings. The molecule has 0 spiro atoms. The zero-order chi connectivity index (χ0) is 14.1. The zero-order valence-corrected chi connectivity index (χ0v) is 12.3. The van der Waals surface area contributed by atoms with Crippen molar-refractivity contribution in [1.29, 1.82) is 0 Å². The lowest BCUT2D eigenvalue weighted by Crippen LogP contribution is -2.32. The molecule has 1 aliphatic rings. The van der Waals surface area contributed by atoms with Crippen molar-refractivity contribution in [3.63, 3.8) is 0 Å². The van der Waals surface area contributed by atoms with Crippen LogP contribution in [0.5, 0.6) is 0 Å². The highest BCUT2D eigenvalue weighted by molar-refractivity contribution is 5.81. The molecular formula is C15H23N5. The molecule has 1 aromatic heterocycles. The number of aryl methyl sites for hydroxylation is 1. The van der Waals surface area contributed by atoms with Crippen LogP contribution in [0.1, 0.15) is 12.8 Å². The first kappa shape index (κ1) is 13.2. The molecule has 2 N–H and O–H groups in total. The van der Waals surface area contributed by atoms with E-state index in [1.807, 2.05) is 18.2 Å². The number of aromatic nitrogens is 2. The van der Waals surface area contributed by atoms with E-state index in [0.717, 1.165) is 35.8 Å². The smallest absolute Gasteiger partial charge is 0.206 e. The summed E-state index contributed by atoms with van der Waals surface area (Å²) in [6.45, 7) is 4.61. The van der Waals surface area contributed by atoms with Crippen LogP contribution >= 0.6 is 0 Å². The third kappa shape index (κ3) is 2.45. The zero-order valence-electron chi connectivity index (χ0n) is 12.3. The Morgan fingerprint density at radius 3 is 2.80 bits per heavy atom. The van der Waals surface area contributed by atoms with Gasteiger partial charge in [0.05, 0.1) is 11.0 Å². The molecule has 1 saturated heterocycles. The third-order valence-corrected chi connectivity index (χ3v) is 4.17. The minimum absolute atomic E-state index is 0.784. The molecule has 108 valence electrons. The third-order valence-electron chi connectivity index (χ3n) is 4.17. The van der Waals surface area contributed by atoms with Gasteiger partial charge in [-0.3, -0.25) is 0 Å². The van der Waals surface area contributed by atoms with Gasteiger partial charge in [-0.1, -0.05) is 0 Å². The Morgan fingerprint density at radius 2 is 2.05 bits per heavy atom. The largest absolute Gasteiger partial charge is 0.399 e. The van der Waals surface area contributed by atoms with Crippen LogP contribution in [0.25, 0.3) is 11.0 Å². The molecule has 1 aliphatic heterocycles. The maximum atomic E-state index is 5.86. The Bertz CT molecular complexity index is 598. The maximum absolute atomic E-state index is 5.86. The van der Waals surface area contributed by atoms with E-state index in [1.165, 1.54) is 25.9 Å². The second-order valence-electron chi connectivity index (χ2n) is 5.69. The van der Waals surface area contributed by atoms with Gasteiger partial charge in [-0.25, -0.2) is 4.98 Å². The lowest BCUT2D eigenvalue weighted by molar-refractivity contribution is 0.346. The average Bonchev–Trinajstić information content (AvgIpc) is 3.05. The molecule has 0 radical (unpaired) electrons. The molecule has 0 aliphatic carbocycles. The lowest BCUT2D eigenvalue weighted by atomic mass is 10.3. The number of likely N-dealkylation sites (N-methyl/N-ethyl adjacent to an activating group) is 1. The molecule has 0 atom stereocenters. The Hall–Kier alpha value is -1.75. The summed E-state index contributed by atoms with van der Waals surface area (Å²) in [5.74, 6) is 1.00. The van der Waals surface area contributed by atoms with E-state index < -0.39 is 0 Å². The molecule has 5 nitrogen and oxygen atoms in total. The van der Waals surface area contributed by atoms with Crippen LogP contribution in [0.15, 0.2) is 18.2 Å². The van der Waals surface area contributed by atoms with Crippen LogP contribution in [0, 0.1) is 0 Å². The van der Waals surface area contributed by atoms with Crippen LogP contribution in [0.4, 0.5) is 11.6 Å². The predicted octanol–water partition coefficient (Wildman–Crippen LogP) is 1.69. The lowest BCUT2D eigenvalue weighted by Gasteiger charge is -2.22. The Kier molecular flexibility index (Phi) is 3.53. The fraction of sp³-hybridized carbons (Fsp3) is 0.533. The van der Waals surface area contributed by atoms with E-state index in [0.29, 0.717) is 0 Å². The number of nitrogen functional groups attached to an aromatic ring is 1. The van der Waals surface area contributed by atoms with Crippen molar-refractivity contribution in [2.45, 2.75) is 12.8 Å². The van der Waals surface area contributed by atoms with E-state index in [9.17, 15) is 0 Å². The normalized spacial score (nSPS) is 16.1. The van der Waals surface area contributed by atoms with Crippen molar-refractivity contribution >= 4 is 22.7 Å². The van der Waals surface area contributed by atoms with Crippen molar-refractivity contribution < 1.29 is 0 Å². The number of nitrogens with zero attached hydrogens (tertiary/aromatic N) is 4. The van der Waals surface area contributed by atoms with Gasteiger partial charge in [-0.05, 0) is 44.1 Å². The number of hydrogen-bond donors (Lipinski definition) is 1. The summed E-state index contributed by atoms with van der Waals surface area (Å²) < 4.78 is 2.12. The summed E-state index contributed by atoms with van der Waals surface area (Å²) in [6.07, 6.45) is 2.69. The van der Waals surface area contributed by atoms with Gasteiger partial charge in [0.1, 0.15) is 0 Å². The van der Waals surface area contributed by atoms with E-state index in [2.05, 4.69) is 28.5 Å². The van der Waals surface area contributed by atoms with Crippen molar-refractivity contribution in [1.82, 2.24) is 14.5 Å². The van der Waals surface area contributed by atoms with Crippen molar-refractivity contribution in [3.8, 4) is 0 Å². The standard InChI is InChI=1S/C15H23N5/c1-18(9-10-20-7-3-4-8-20)15-17-13-6-5-12(16)11-14(13)19(15)2/h5-6,11H,3-4,7-10,16H2,1-2H3. The van der Waals surface area contributed by atoms with E-state index >= 15 is 0 Å². The maximum Gasteiger partial charge on any atom is 0.206 e. The van der Waals surface area contributed by atoms with E-state index in [1.54, 1.807) is 0 Å². The Balaban J connectivity index is 1.76. The number of hydrogen-bond acceptors (Lipinski definition) is 4. The van der Waals surface area contributed by atoms with Crippen LogP contribution in [-0.2, 0) is 7.05 Å². The topological polar surface area (TPSA) is 50.3 Å². The molecule has 0 unspecified atom stereocenters. The minimum atomic E-state index is 0.784. The number of imidazole rings is 1. The second-order valence-corrected chi connectivity index (χ2v) is 5.69. The van der Waals surface area contributed by atoms with Gasteiger partial charge >= 0.3 is 0 Å². The highest BCUT2D eigenvalue weighted by Crippen LogP contribution is 2.22. The van der Waals surface area contributed by atoms with Gasteiger partial charge in [0.25, 0.3) is 0 Å². The van der Waals surface area contributed by atoms with Gasteiger partial charge in [0.15, 0.2) is 0 Å². The summed E-state index contributed by atoms with van der Waals surface area (Å²) in [7, 11) is 4.16. The summed E-state index contributed by atoms with van der Waals surface area (Å²) >= 11 is 0. The summed E-state index contributed by atoms with van der Waals surface area (Å²) in [6, 6.07) is 5.88. The SMILES string of the molecule is CN(CCN1CCCC1)c1nc2ccc(N)cc2n1C. The molecule has 2 aromatic rings. The molecule has 20 heavy (non-hydrogen) atoms. The number of nitrogens with two attached hydrogens (primary N) is 1. The van der Waals surface area contributed by atoms with Crippen LogP contribution in [0.2, 0.25) is 0 Å². The average molecular weight is 273 g/mol. The first-order chi connectivity index (χ1) is 9.65. The molecule has 1 aromatic carbocycles. The first-order valence-electron chi connectivity index (χ1n) is 7.30. The van der Waals surface area contributed by atoms with Crippen LogP contribution < -0.4 is 10.6 Å². The summed E-state index contributed by atoms with van der Waals surface area (Å²) in [5.41, 5.74) is 8.74. The minimum Gasteiger partial charge on any atom is -0.399 e. The highest BCUT2D eigenvalue weighted by atomic mass is 15.3. The number of rotatable bonds is 4. The number of benzene rings is 1. The van der Waals surface area contributed by atoms with Crippen LogP contribution in [-0.4, -0.2) is 47.7 Å². The summed E-state index contributed by atoms with van der Waals surface area (Å²) in [4.78, 5) is 9.47. The first-order valence-corrected chi connectivity index (χ1v) is 7.30. The van der Waals surface area contributed by atoms with Crippen molar-refractivity contribution in [2.24, 2.45) is 7.05 Å². The summed E-state index contributed by atoms with van der Waals surface area (Å²) in [5, 5.41) is 0. The van der Waals surface area contributed by atoms with E-state index in [-0.39, 0.29) is 0 Å². The fourth-order valence-electron chi connectivity index (χ4n) is 2.93. The van der Waals surface area contributed by atoms with Gasteiger partial charge < -0.3 is 20.1 Å². The Morgan fingerprint density at radius 1 is 1.30 bits per heavy atom. The number of likely N-dealkylation sites (tertiary alicyclic amines) is 1. The van der Waals surface area contributed by atoms with Crippen molar-refractivity contribution in [2.75, 3.05) is 43.9 Å².